The first kappa shape index (κ1) is 14.1. The Labute approximate surface area is 109 Å². The molecule has 0 saturated heterocycles. The summed E-state index contributed by atoms with van der Waals surface area (Å²) in [5.41, 5.74) is 1.01. The third-order valence-electron chi connectivity index (χ3n) is 2.20. The lowest BCUT2D eigenvalue weighted by molar-refractivity contribution is -0.143. The third kappa shape index (κ3) is 3.25. The van der Waals surface area contributed by atoms with E-state index in [-0.39, 0.29) is 0 Å². The van der Waals surface area contributed by atoms with E-state index in [1.54, 1.807) is 18.5 Å². The first-order valence-electron chi connectivity index (χ1n) is 4.87. The first-order valence-corrected chi connectivity index (χ1v) is 5.62. The molecular formula is C11H13Cl2NO3. The van der Waals surface area contributed by atoms with Gasteiger partial charge in [0.1, 0.15) is 5.75 Å². The molecule has 0 aliphatic carbocycles. The number of benzene rings is 1. The zero-order valence-corrected chi connectivity index (χ0v) is 11.2. The van der Waals surface area contributed by atoms with Gasteiger partial charge in [-0.1, -0.05) is 23.2 Å². The van der Waals surface area contributed by atoms with Crippen LogP contribution in [-0.4, -0.2) is 16.7 Å². The molecule has 2 N–H and O–H groups in total. The van der Waals surface area contributed by atoms with Crippen LogP contribution in [0.2, 0.25) is 10.0 Å². The van der Waals surface area contributed by atoms with Gasteiger partial charge in [0.05, 0.1) is 5.02 Å². The third-order valence-corrected chi connectivity index (χ3v) is 2.70. The van der Waals surface area contributed by atoms with Crippen molar-refractivity contribution >= 4 is 29.1 Å². The summed E-state index contributed by atoms with van der Waals surface area (Å²) in [6.45, 7) is 4.80. The van der Waals surface area contributed by atoms with E-state index in [4.69, 9.17) is 33.1 Å². The number of hydrogen-bond donors (Lipinski definition) is 2. The van der Waals surface area contributed by atoms with E-state index in [0.717, 1.165) is 0 Å². The van der Waals surface area contributed by atoms with E-state index in [0.29, 0.717) is 21.4 Å². The largest absolute Gasteiger partial charge is 0.476 e. The summed E-state index contributed by atoms with van der Waals surface area (Å²) in [7, 11) is 0. The molecule has 0 bridgehead atoms. The molecule has 0 aliphatic heterocycles. The molecule has 0 heterocycles. The fourth-order valence-electron chi connectivity index (χ4n) is 1.25. The van der Waals surface area contributed by atoms with Crippen LogP contribution in [-0.2, 0) is 4.79 Å². The summed E-state index contributed by atoms with van der Waals surface area (Å²) < 4.78 is 5.51. The Kier molecular flexibility index (Phi) is 4.25. The summed E-state index contributed by atoms with van der Waals surface area (Å²) in [6.07, 6.45) is 0. The minimum atomic E-state index is -1.24. The van der Waals surface area contributed by atoms with Crippen LogP contribution in [0.3, 0.4) is 0 Å². The van der Waals surface area contributed by atoms with Gasteiger partial charge < -0.3 is 4.74 Å². The number of carbonyl (C=O) groups excluding carboxylic acids is 1. The molecule has 0 atom stereocenters. The second kappa shape index (κ2) is 5.12. The summed E-state index contributed by atoms with van der Waals surface area (Å²) in [6, 6.07) is 3.20. The van der Waals surface area contributed by atoms with Gasteiger partial charge in [-0.05, 0) is 38.5 Å². The minimum absolute atomic E-state index is 0.314. The number of hydrogen-bond acceptors (Lipinski definition) is 3. The van der Waals surface area contributed by atoms with Gasteiger partial charge in [-0.15, -0.1) is 0 Å². The Hall–Kier alpha value is -0.970. The SMILES string of the molecule is Cc1cc(Cl)cc(Cl)c1OC(C)(C)C(=O)NO. The van der Waals surface area contributed by atoms with Gasteiger partial charge in [0.25, 0.3) is 5.91 Å². The summed E-state index contributed by atoms with van der Waals surface area (Å²) >= 11 is 11.8. The van der Waals surface area contributed by atoms with E-state index in [9.17, 15) is 4.79 Å². The van der Waals surface area contributed by atoms with Crippen molar-refractivity contribution in [2.24, 2.45) is 0 Å². The number of hydroxylamine groups is 1. The molecule has 0 unspecified atom stereocenters. The molecule has 0 aromatic heterocycles. The van der Waals surface area contributed by atoms with Crippen molar-refractivity contribution < 1.29 is 14.7 Å². The lowest BCUT2D eigenvalue weighted by atomic mass is 10.1. The fourth-order valence-corrected chi connectivity index (χ4v) is 1.89. The van der Waals surface area contributed by atoms with E-state index in [1.165, 1.54) is 19.9 Å². The highest BCUT2D eigenvalue weighted by Gasteiger charge is 2.31. The van der Waals surface area contributed by atoms with Crippen LogP contribution in [0.5, 0.6) is 5.75 Å². The molecule has 94 valence electrons. The highest BCUT2D eigenvalue weighted by Crippen LogP contribution is 2.34. The topological polar surface area (TPSA) is 58.6 Å². The molecule has 1 aromatic carbocycles. The van der Waals surface area contributed by atoms with Crippen molar-refractivity contribution in [1.82, 2.24) is 5.48 Å². The highest BCUT2D eigenvalue weighted by molar-refractivity contribution is 6.35. The smallest absolute Gasteiger partial charge is 0.286 e. The van der Waals surface area contributed by atoms with Crippen molar-refractivity contribution in [3.05, 3.63) is 27.7 Å². The molecule has 0 spiro atoms. The Balaban J connectivity index is 3.07. The standard InChI is InChI=1S/C11H13Cl2NO3/c1-6-4-7(12)5-8(13)9(6)17-11(2,3)10(15)14-16/h4-5,16H,1-3H3,(H,14,15). The van der Waals surface area contributed by atoms with Crippen molar-refractivity contribution in [2.75, 3.05) is 0 Å². The maximum atomic E-state index is 11.4. The van der Waals surface area contributed by atoms with Gasteiger partial charge in [0, 0.05) is 5.02 Å². The summed E-state index contributed by atoms with van der Waals surface area (Å²) in [5.74, 6) is -0.299. The van der Waals surface area contributed by atoms with E-state index >= 15 is 0 Å². The average Bonchev–Trinajstić information content (AvgIpc) is 2.22. The Morgan fingerprint density at radius 2 is 2.00 bits per heavy atom. The maximum absolute atomic E-state index is 11.4. The average molecular weight is 278 g/mol. The number of ether oxygens (including phenoxy) is 1. The van der Waals surface area contributed by atoms with E-state index in [1.807, 2.05) is 0 Å². The molecule has 1 aromatic rings. The molecule has 6 heteroatoms. The Bertz CT molecular complexity index is 423. The van der Waals surface area contributed by atoms with Crippen LogP contribution in [0, 0.1) is 6.92 Å². The quantitative estimate of drug-likeness (QED) is 0.660. The zero-order chi connectivity index (χ0) is 13.2. The van der Waals surface area contributed by atoms with Gasteiger partial charge in [-0.3, -0.25) is 10.0 Å². The number of nitrogens with one attached hydrogen (secondary N) is 1. The number of amides is 1. The Morgan fingerprint density at radius 1 is 1.41 bits per heavy atom. The lowest BCUT2D eigenvalue weighted by Gasteiger charge is -2.25. The van der Waals surface area contributed by atoms with E-state index < -0.39 is 11.5 Å². The number of rotatable bonds is 3. The fraction of sp³-hybridized carbons (Fsp3) is 0.364. The van der Waals surface area contributed by atoms with Crippen molar-refractivity contribution in [3.63, 3.8) is 0 Å². The molecular weight excluding hydrogens is 265 g/mol. The highest BCUT2D eigenvalue weighted by atomic mass is 35.5. The molecule has 0 radical (unpaired) electrons. The van der Waals surface area contributed by atoms with Gasteiger partial charge in [0.15, 0.2) is 5.60 Å². The molecule has 1 amide bonds. The second-order valence-corrected chi connectivity index (χ2v) is 4.93. The minimum Gasteiger partial charge on any atom is -0.476 e. The van der Waals surface area contributed by atoms with Crippen molar-refractivity contribution in [2.45, 2.75) is 26.4 Å². The van der Waals surface area contributed by atoms with Crippen LogP contribution in [0.25, 0.3) is 0 Å². The summed E-state index contributed by atoms with van der Waals surface area (Å²) in [4.78, 5) is 11.4. The molecule has 17 heavy (non-hydrogen) atoms. The molecule has 0 aliphatic rings. The maximum Gasteiger partial charge on any atom is 0.286 e. The van der Waals surface area contributed by atoms with Gasteiger partial charge in [0.2, 0.25) is 0 Å². The van der Waals surface area contributed by atoms with Crippen LogP contribution in [0.4, 0.5) is 0 Å². The number of carbonyl (C=O) groups is 1. The molecule has 1 rings (SSSR count). The molecule has 0 fully saturated rings. The second-order valence-electron chi connectivity index (χ2n) is 4.09. The predicted molar refractivity (Wildman–Crippen MR) is 65.8 cm³/mol. The number of halogens is 2. The normalized spacial score (nSPS) is 11.2. The molecule has 4 nitrogen and oxygen atoms in total. The van der Waals surface area contributed by atoms with Gasteiger partial charge >= 0.3 is 0 Å². The summed E-state index contributed by atoms with van der Waals surface area (Å²) in [5, 5.41) is 9.40. The van der Waals surface area contributed by atoms with Gasteiger partial charge in [-0.2, -0.15) is 0 Å². The Morgan fingerprint density at radius 3 is 2.47 bits per heavy atom. The van der Waals surface area contributed by atoms with Crippen LogP contribution < -0.4 is 10.2 Å². The van der Waals surface area contributed by atoms with Crippen molar-refractivity contribution in [1.29, 1.82) is 0 Å². The van der Waals surface area contributed by atoms with Crippen molar-refractivity contribution in [3.8, 4) is 5.75 Å². The molecule has 0 saturated carbocycles. The number of aryl methyl sites for hydroxylation is 1. The van der Waals surface area contributed by atoms with Crippen LogP contribution in [0.1, 0.15) is 19.4 Å². The first-order chi connectivity index (χ1) is 7.77. The lowest BCUT2D eigenvalue weighted by Crippen LogP contribution is -2.45. The monoisotopic (exact) mass is 277 g/mol. The van der Waals surface area contributed by atoms with Crippen LogP contribution in [0.15, 0.2) is 12.1 Å². The zero-order valence-electron chi connectivity index (χ0n) is 9.67. The predicted octanol–water partition coefficient (Wildman–Crippen LogP) is 2.96. The van der Waals surface area contributed by atoms with Gasteiger partial charge in [-0.25, -0.2) is 5.48 Å². The van der Waals surface area contributed by atoms with Crippen LogP contribution >= 0.6 is 23.2 Å². The van der Waals surface area contributed by atoms with E-state index in [2.05, 4.69) is 0 Å².